The number of esters is 1. The van der Waals surface area contributed by atoms with E-state index in [1.54, 1.807) is 6.08 Å². The van der Waals surface area contributed by atoms with E-state index in [2.05, 4.69) is 9.35 Å². The predicted octanol–water partition coefficient (Wildman–Crippen LogP) is 3.07. The van der Waals surface area contributed by atoms with E-state index in [1.807, 2.05) is 13.8 Å². The van der Waals surface area contributed by atoms with Gasteiger partial charge < -0.3 is 4.74 Å². The summed E-state index contributed by atoms with van der Waals surface area (Å²) in [6, 6.07) is 0. The van der Waals surface area contributed by atoms with E-state index in [0.717, 1.165) is 5.57 Å². The molecular formula is C9H16O8P2+2. The molecule has 0 saturated heterocycles. The van der Waals surface area contributed by atoms with E-state index >= 15 is 0 Å². The van der Waals surface area contributed by atoms with Crippen LogP contribution in [0.4, 0.5) is 0 Å². The van der Waals surface area contributed by atoms with Crippen molar-refractivity contribution in [3.63, 3.8) is 0 Å². The van der Waals surface area contributed by atoms with Crippen LogP contribution in [0.1, 0.15) is 26.7 Å². The Bertz CT molecular complexity index is 347. The predicted molar refractivity (Wildman–Crippen MR) is 66.1 cm³/mol. The van der Waals surface area contributed by atoms with Gasteiger partial charge >= 0.3 is 27.4 Å². The van der Waals surface area contributed by atoms with Crippen LogP contribution in [0, 0.1) is 0 Å². The van der Waals surface area contributed by atoms with E-state index in [4.69, 9.17) is 15.3 Å². The molecule has 10 heteroatoms. The average molecular weight is 314 g/mol. The molecule has 0 aliphatic heterocycles. The first-order valence-corrected chi connectivity index (χ1v) is 7.76. The molecule has 8 nitrogen and oxygen atoms in total. The zero-order valence-electron chi connectivity index (χ0n) is 10.5. The fourth-order valence-electron chi connectivity index (χ4n) is 1.02. The average Bonchev–Trinajstić information content (AvgIpc) is 2.37. The van der Waals surface area contributed by atoms with Crippen molar-refractivity contribution >= 4 is 22.0 Å². The van der Waals surface area contributed by atoms with Gasteiger partial charge in [-0.1, -0.05) is 5.57 Å². The number of rotatable bonds is 9. The molecular weight excluding hydrogens is 298 g/mol. The van der Waals surface area contributed by atoms with Crippen molar-refractivity contribution in [2.75, 3.05) is 6.61 Å². The minimum Gasteiger partial charge on any atom is -0.461 e. The minimum absolute atomic E-state index is 0.108. The molecule has 0 aromatic rings. The van der Waals surface area contributed by atoms with E-state index in [1.165, 1.54) is 0 Å². The van der Waals surface area contributed by atoms with Crippen LogP contribution in [0.15, 0.2) is 11.6 Å². The summed E-state index contributed by atoms with van der Waals surface area (Å²) in [4.78, 5) is 11.3. The third-order valence-electron chi connectivity index (χ3n) is 1.99. The van der Waals surface area contributed by atoms with E-state index in [-0.39, 0.29) is 19.4 Å². The molecule has 0 bridgehead atoms. The molecule has 0 radical (unpaired) electrons. The summed E-state index contributed by atoms with van der Waals surface area (Å²) in [6.45, 7) is 3.80. The Balaban J connectivity index is 4.25. The highest BCUT2D eigenvalue weighted by Crippen LogP contribution is 2.47. The fourth-order valence-corrected chi connectivity index (χ4v) is 2.78. The topological polar surface area (TPSA) is 119 Å². The molecule has 2 N–H and O–H groups in total. The largest absolute Gasteiger partial charge is 0.598 e. The molecule has 0 saturated carbocycles. The van der Waals surface area contributed by atoms with Gasteiger partial charge in [0.25, 0.3) is 0 Å². The van der Waals surface area contributed by atoms with Crippen LogP contribution in [0.25, 0.3) is 0 Å². The van der Waals surface area contributed by atoms with Crippen molar-refractivity contribution in [2.45, 2.75) is 32.1 Å². The minimum atomic E-state index is -2.72. The quantitative estimate of drug-likeness (QED) is 0.219. The second kappa shape index (κ2) is 10.1. The van der Waals surface area contributed by atoms with Crippen LogP contribution in [0.2, 0.25) is 0 Å². The van der Waals surface area contributed by atoms with Crippen LogP contribution >= 0.6 is 16.1 Å². The van der Waals surface area contributed by atoms with Gasteiger partial charge in [0.05, 0.1) is 12.8 Å². The van der Waals surface area contributed by atoms with Crippen LogP contribution in [0.5, 0.6) is 0 Å². The number of allylic oxidation sites excluding steroid dienone is 1. The molecule has 2 atom stereocenters. The van der Waals surface area contributed by atoms with Gasteiger partial charge in [0.2, 0.25) is 0 Å². The van der Waals surface area contributed by atoms with Crippen molar-refractivity contribution in [3.8, 4) is 0 Å². The van der Waals surface area contributed by atoms with Gasteiger partial charge in [-0.2, -0.15) is 0 Å². The number of carbonyl (C=O) groups is 1. The maximum atomic E-state index is 11.3. The first-order chi connectivity index (χ1) is 8.92. The van der Waals surface area contributed by atoms with Gasteiger partial charge in [-0.05, 0) is 29.1 Å². The van der Waals surface area contributed by atoms with Gasteiger partial charge in [-0.15, -0.1) is 0 Å². The van der Waals surface area contributed by atoms with Crippen molar-refractivity contribution < 1.29 is 38.5 Å². The summed E-state index contributed by atoms with van der Waals surface area (Å²) < 4.78 is 34.3. The lowest BCUT2D eigenvalue weighted by atomic mass is 10.3. The number of hydrogen-bond acceptors (Lipinski definition) is 8. The molecule has 0 spiro atoms. The lowest BCUT2D eigenvalue weighted by molar-refractivity contribution is -0.143. The highest BCUT2D eigenvalue weighted by atomic mass is 31.2. The highest BCUT2D eigenvalue weighted by Gasteiger charge is 2.53. The summed E-state index contributed by atoms with van der Waals surface area (Å²) in [5, 5.41) is 15.2. The van der Waals surface area contributed by atoms with E-state index in [0.29, 0.717) is 0 Å². The van der Waals surface area contributed by atoms with Crippen molar-refractivity contribution in [2.24, 2.45) is 0 Å². The van der Waals surface area contributed by atoms with Crippen molar-refractivity contribution in [3.05, 3.63) is 11.6 Å². The summed E-state index contributed by atoms with van der Waals surface area (Å²) >= 11 is 0. The standard InChI is InChI=1S/C9H14O8P2/c1-7(2)5-6-15-8(10)3-4-9(18(13)16-11)19(14)17-12/h5,9H,3-4,6H2,1-2H3/p+2. The molecule has 0 aliphatic carbocycles. The normalized spacial score (nSPS) is 13.5. The Labute approximate surface area is 112 Å². The molecule has 0 aliphatic rings. The molecule has 19 heavy (non-hydrogen) atoms. The monoisotopic (exact) mass is 314 g/mol. The second-order valence-electron chi connectivity index (χ2n) is 3.72. The van der Waals surface area contributed by atoms with Crippen LogP contribution in [-0.4, -0.2) is 28.5 Å². The first kappa shape index (κ1) is 18.2. The van der Waals surface area contributed by atoms with Gasteiger partial charge in [0.1, 0.15) is 6.61 Å². The molecule has 0 heterocycles. The summed E-state index contributed by atoms with van der Waals surface area (Å²) in [7, 11) is -5.45. The fraction of sp³-hybridized carbons (Fsp3) is 0.667. The van der Waals surface area contributed by atoms with Crippen LogP contribution in [0.3, 0.4) is 0 Å². The lowest BCUT2D eigenvalue weighted by Gasteiger charge is -2.00. The molecule has 2 unspecified atom stereocenters. The van der Waals surface area contributed by atoms with E-state index in [9.17, 15) is 13.9 Å². The number of carbonyl (C=O) groups excluding carboxylic acids is 1. The maximum Gasteiger partial charge on any atom is 0.598 e. The number of hydrogen-bond donors (Lipinski definition) is 2. The van der Waals surface area contributed by atoms with Gasteiger partial charge in [-0.3, -0.25) is 4.79 Å². The summed E-state index contributed by atoms with van der Waals surface area (Å²) in [5.74, 6) is -0.592. The Kier molecular flexibility index (Phi) is 9.69. The third-order valence-corrected chi connectivity index (χ3v) is 4.93. The Morgan fingerprint density at radius 1 is 1.21 bits per heavy atom. The second-order valence-corrected chi connectivity index (χ2v) is 6.84. The summed E-state index contributed by atoms with van der Waals surface area (Å²) in [6.07, 6.45) is 1.32. The van der Waals surface area contributed by atoms with Crippen molar-refractivity contribution in [1.82, 2.24) is 0 Å². The molecule has 0 rings (SSSR count). The van der Waals surface area contributed by atoms with Crippen LogP contribution < -0.4 is 0 Å². The third kappa shape index (κ3) is 8.10. The smallest absolute Gasteiger partial charge is 0.461 e. The lowest BCUT2D eigenvalue weighted by Crippen LogP contribution is -2.08. The van der Waals surface area contributed by atoms with E-state index < -0.39 is 27.4 Å². The van der Waals surface area contributed by atoms with Gasteiger partial charge in [0, 0.05) is 9.35 Å². The van der Waals surface area contributed by atoms with Crippen LogP contribution in [-0.2, 0) is 28.0 Å². The van der Waals surface area contributed by atoms with Crippen molar-refractivity contribution in [1.29, 1.82) is 0 Å². The van der Waals surface area contributed by atoms with Gasteiger partial charge in [-0.25, -0.2) is 10.5 Å². The first-order valence-electron chi connectivity index (χ1n) is 5.27. The zero-order chi connectivity index (χ0) is 14.8. The Morgan fingerprint density at radius 2 is 1.74 bits per heavy atom. The molecule has 108 valence electrons. The summed E-state index contributed by atoms with van der Waals surface area (Å²) in [5.41, 5.74) is 0.985. The Morgan fingerprint density at radius 3 is 2.16 bits per heavy atom. The molecule has 0 aromatic heterocycles. The molecule has 0 fully saturated rings. The zero-order valence-corrected chi connectivity index (χ0v) is 12.3. The maximum absolute atomic E-state index is 11.3. The highest BCUT2D eigenvalue weighted by molar-refractivity contribution is 7.58. The van der Waals surface area contributed by atoms with Gasteiger partial charge in [0.15, 0.2) is 0 Å². The molecule has 0 aromatic carbocycles. The number of ether oxygens (including phenoxy) is 1. The Hall–Kier alpha value is -0.750. The molecule has 0 amide bonds. The SMILES string of the molecule is CC(C)=CCOC(=O)CCC([P+](=O)OO)[P+](=O)OO.